The van der Waals surface area contributed by atoms with E-state index < -0.39 is 0 Å². The van der Waals surface area contributed by atoms with Crippen LogP contribution in [-0.4, -0.2) is 70.6 Å². The summed E-state index contributed by atoms with van der Waals surface area (Å²) in [6, 6.07) is 1.54. The van der Waals surface area contributed by atoms with Crippen LogP contribution in [0.15, 0.2) is 18.3 Å². The molecule has 0 radical (unpaired) electrons. The fourth-order valence-corrected chi connectivity index (χ4v) is 4.07. The predicted molar refractivity (Wildman–Crippen MR) is 115 cm³/mol. The van der Waals surface area contributed by atoms with E-state index in [2.05, 4.69) is 11.1 Å². The lowest BCUT2D eigenvalue weighted by atomic mass is 9.99. The van der Waals surface area contributed by atoms with Crippen molar-refractivity contribution in [3.8, 4) is 5.88 Å². The highest BCUT2D eigenvalue weighted by atomic mass is 16.5. The third kappa shape index (κ3) is 4.67. The normalized spacial score (nSPS) is 22.5. The number of ether oxygens (including phenoxy) is 1. The summed E-state index contributed by atoms with van der Waals surface area (Å²) in [5, 5.41) is 9.74. The van der Waals surface area contributed by atoms with Crippen LogP contribution in [0.4, 0.5) is 0 Å². The van der Waals surface area contributed by atoms with Gasteiger partial charge in [-0.05, 0) is 43.4 Å². The number of carbonyl (C=O) groups is 2. The molecule has 2 aliphatic rings. The number of allylic oxidation sites excluding steroid dienone is 2. The Hall–Kier alpha value is -2.41. The number of fused-ring (bicyclic) bond motifs is 1. The molecule has 1 aromatic heterocycles. The van der Waals surface area contributed by atoms with Crippen LogP contribution >= 0.6 is 0 Å². The quantitative estimate of drug-likeness (QED) is 0.772. The molecule has 0 spiro atoms. The lowest BCUT2D eigenvalue weighted by Gasteiger charge is -2.37. The summed E-state index contributed by atoms with van der Waals surface area (Å²) in [6.45, 7) is 6.41. The Balaban J connectivity index is 1.99. The molecule has 3 atom stereocenters. The molecule has 2 heterocycles. The second-order valence-corrected chi connectivity index (χ2v) is 8.45. The summed E-state index contributed by atoms with van der Waals surface area (Å²) in [5.41, 5.74) is 2.57. The molecule has 0 bridgehead atoms. The van der Waals surface area contributed by atoms with E-state index in [0.29, 0.717) is 31.0 Å². The van der Waals surface area contributed by atoms with Crippen LogP contribution in [0.1, 0.15) is 62.4 Å². The Bertz CT molecular complexity index is 823. The van der Waals surface area contributed by atoms with Gasteiger partial charge in [0.25, 0.3) is 5.91 Å². The number of amides is 2. The summed E-state index contributed by atoms with van der Waals surface area (Å²) >= 11 is 0. The first-order valence-electron chi connectivity index (χ1n) is 10.9. The van der Waals surface area contributed by atoms with Gasteiger partial charge in [0.05, 0.1) is 19.2 Å². The maximum Gasteiger partial charge on any atom is 0.259 e. The Morgan fingerprint density at radius 1 is 1.47 bits per heavy atom. The van der Waals surface area contributed by atoms with E-state index in [0.717, 1.165) is 24.8 Å². The summed E-state index contributed by atoms with van der Waals surface area (Å²) in [4.78, 5) is 33.4. The fraction of sp³-hybridized carbons (Fsp3) is 0.609. The van der Waals surface area contributed by atoms with Crippen molar-refractivity contribution in [2.75, 3.05) is 26.7 Å². The average Bonchev–Trinajstić information content (AvgIpc) is 3.29. The van der Waals surface area contributed by atoms with Gasteiger partial charge in [-0.15, -0.1) is 0 Å². The van der Waals surface area contributed by atoms with Crippen LogP contribution in [0.5, 0.6) is 5.88 Å². The molecular formula is C23H33N3O4. The van der Waals surface area contributed by atoms with Gasteiger partial charge in [0.2, 0.25) is 11.8 Å². The van der Waals surface area contributed by atoms with E-state index in [9.17, 15) is 14.7 Å². The second-order valence-electron chi connectivity index (χ2n) is 8.45. The standard InChI is InChI=1S/C23H33N3O4/c1-5-21(28)25(4)13-20-15(2)12-26(16(3)14-27)23(29)19-10-18(11-24-22(19)30-20)17-8-6-7-9-17/h8,10-11,15-16,20,27H,5-7,9,12-14H2,1-4H3/t15-,16+,20-/m0/s1. The number of aliphatic hydroxyl groups excluding tert-OH is 1. The van der Waals surface area contributed by atoms with Gasteiger partial charge in [0.15, 0.2) is 0 Å². The van der Waals surface area contributed by atoms with Crippen LogP contribution in [0.3, 0.4) is 0 Å². The van der Waals surface area contributed by atoms with E-state index >= 15 is 0 Å². The Kier molecular flexibility index (Phi) is 7.13. The van der Waals surface area contributed by atoms with Crippen LogP contribution in [0.2, 0.25) is 0 Å². The molecule has 164 valence electrons. The van der Waals surface area contributed by atoms with Gasteiger partial charge in [-0.25, -0.2) is 4.98 Å². The molecule has 7 heteroatoms. The first-order chi connectivity index (χ1) is 14.3. The van der Waals surface area contributed by atoms with Crippen molar-refractivity contribution < 1.29 is 19.4 Å². The van der Waals surface area contributed by atoms with E-state index in [4.69, 9.17) is 4.74 Å². The number of likely N-dealkylation sites (N-methyl/N-ethyl adjacent to an activating group) is 1. The van der Waals surface area contributed by atoms with Gasteiger partial charge >= 0.3 is 0 Å². The zero-order valence-corrected chi connectivity index (χ0v) is 18.4. The first-order valence-corrected chi connectivity index (χ1v) is 10.9. The monoisotopic (exact) mass is 415 g/mol. The topological polar surface area (TPSA) is 83.0 Å². The summed E-state index contributed by atoms with van der Waals surface area (Å²) in [6.07, 6.45) is 7.22. The number of carbonyl (C=O) groups excluding carboxylic acids is 2. The maximum absolute atomic E-state index is 13.4. The molecule has 3 rings (SSSR count). The van der Waals surface area contributed by atoms with Crippen LogP contribution in [-0.2, 0) is 4.79 Å². The van der Waals surface area contributed by atoms with E-state index in [1.807, 2.05) is 26.8 Å². The van der Waals surface area contributed by atoms with Crippen LogP contribution in [0.25, 0.3) is 5.57 Å². The predicted octanol–water partition coefficient (Wildman–Crippen LogP) is 2.74. The molecule has 1 aliphatic heterocycles. The maximum atomic E-state index is 13.4. The van der Waals surface area contributed by atoms with Gasteiger partial charge in [-0.2, -0.15) is 0 Å². The minimum atomic E-state index is -0.323. The third-order valence-electron chi connectivity index (χ3n) is 6.11. The van der Waals surface area contributed by atoms with Crippen molar-refractivity contribution in [2.45, 2.75) is 58.6 Å². The summed E-state index contributed by atoms with van der Waals surface area (Å²) in [7, 11) is 1.77. The largest absolute Gasteiger partial charge is 0.472 e. The second kappa shape index (κ2) is 9.60. The zero-order valence-electron chi connectivity index (χ0n) is 18.4. The number of nitrogens with zero attached hydrogens (tertiary/aromatic N) is 3. The van der Waals surface area contributed by atoms with Gasteiger partial charge in [-0.1, -0.05) is 19.9 Å². The minimum Gasteiger partial charge on any atom is -0.472 e. The van der Waals surface area contributed by atoms with Crippen molar-refractivity contribution in [3.63, 3.8) is 0 Å². The molecule has 2 amide bonds. The van der Waals surface area contributed by atoms with Crippen molar-refractivity contribution in [2.24, 2.45) is 5.92 Å². The molecule has 0 saturated heterocycles. The van der Waals surface area contributed by atoms with Crippen molar-refractivity contribution in [1.82, 2.24) is 14.8 Å². The number of hydrogen-bond donors (Lipinski definition) is 1. The average molecular weight is 416 g/mol. The number of hydrogen-bond acceptors (Lipinski definition) is 5. The van der Waals surface area contributed by atoms with Gasteiger partial charge in [-0.3, -0.25) is 9.59 Å². The number of pyridine rings is 1. The highest BCUT2D eigenvalue weighted by molar-refractivity contribution is 5.97. The van der Waals surface area contributed by atoms with Crippen molar-refractivity contribution in [3.05, 3.63) is 29.5 Å². The highest BCUT2D eigenvalue weighted by Gasteiger charge is 2.34. The highest BCUT2D eigenvalue weighted by Crippen LogP contribution is 2.32. The third-order valence-corrected chi connectivity index (χ3v) is 6.11. The molecule has 0 unspecified atom stereocenters. The van der Waals surface area contributed by atoms with Crippen molar-refractivity contribution in [1.29, 1.82) is 0 Å². The summed E-state index contributed by atoms with van der Waals surface area (Å²) in [5.74, 6) is 0.123. The number of aromatic nitrogens is 1. The SMILES string of the molecule is CCC(=O)N(C)C[C@@H]1Oc2ncc(C3=CCCC3)cc2C(=O)N([C@H](C)CO)C[C@@H]1C. The first kappa shape index (κ1) is 22.3. The molecule has 30 heavy (non-hydrogen) atoms. The fourth-order valence-electron chi connectivity index (χ4n) is 4.07. The van der Waals surface area contributed by atoms with Crippen LogP contribution in [0, 0.1) is 5.92 Å². The molecule has 0 aromatic carbocycles. The molecule has 0 fully saturated rings. The Labute approximate surface area is 178 Å². The Morgan fingerprint density at radius 3 is 2.87 bits per heavy atom. The van der Waals surface area contributed by atoms with Gasteiger partial charge in [0.1, 0.15) is 11.7 Å². The molecule has 7 nitrogen and oxygen atoms in total. The Morgan fingerprint density at radius 2 is 2.23 bits per heavy atom. The molecule has 0 saturated carbocycles. The zero-order chi connectivity index (χ0) is 21.8. The molecule has 1 aliphatic carbocycles. The summed E-state index contributed by atoms with van der Waals surface area (Å²) < 4.78 is 6.23. The lowest BCUT2D eigenvalue weighted by molar-refractivity contribution is -0.131. The number of aliphatic hydroxyl groups is 1. The van der Waals surface area contributed by atoms with E-state index in [1.54, 1.807) is 23.0 Å². The minimum absolute atomic E-state index is 0.0396. The van der Waals surface area contributed by atoms with E-state index in [-0.39, 0.29) is 36.5 Å². The van der Waals surface area contributed by atoms with Gasteiger partial charge in [0, 0.05) is 32.1 Å². The van der Waals surface area contributed by atoms with Gasteiger partial charge < -0.3 is 19.6 Å². The number of rotatable bonds is 6. The van der Waals surface area contributed by atoms with E-state index in [1.165, 1.54) is 5.57 Å². The molecule has 1 aromatic rings. The molecule has 1 N–H and O–H groups in total. The van der Waals surface area contributed by atoms with Crippen molar-refractivity contribution >= 4 is 17.4 Å². The van der Waals surface area contributed by atoms with Crippen LogP contribution < -0.4 is 4.74 Å². The smallest absolute Gasteiger partial charge is 0.259 e. The lowest BCUT2D eigenvalue weighted by Crippen LogP contribution is -2.50. The molecular weight excluding hydrogens is 382 g/mol.